The number of H-pyrrole nitrogens is 1. The molecule has 1 heterocycles. The Bertz CT molecular complexity index is 907. The second kappa shape index (κ2) is 4.39. The minimum absolute atomic E-state index is 0.773. The van der Waals surface area contributed by atoms with Crippen molar-refractivity contribution in [3.63, 3.8) is 0 Å². The summed E-state index contributed by atoms with van der Waals surface area (Å²) >= 11 is 6.45. The summed E-state index contributed by atoms with van der Waals surface area (Å²) in [5, 5.41) is 3.22. The van der Waals surface area contributed by atoms with E-state index in [2.05, 4.69) is 41.4 Å². The molecular weight excluding hydrogens is 266 g/mol. The van der Waals surface area contributed by atoms with Crippen molar-refractivity contribution < 1.29 is 0 Å². The summed E-state index contributed by atoms with van der Waals surface area (Å²) in [6, 6.07) is 22.7. The van der Waals surface area contributed by atoms with Gasteiger partial charge >= 0.3 is 0 Å². The van der Waals surface area contributed by atoms with Crippen LogP contribution in [0.15, 0.2) is 66.7 Å². The van der Waals surface area contributed by atoms with Crippen LogP contribution in [0.3, 0.4) is 0 Å². The lowest BCUT2D eigenvalue weighted by atomic mass is 10.0. The van der Waals surface area contributed by atoms with Crippen molar-refractivity contribution in [3.05, 3.63) is 71.8 Å². The third kappa shape index (κ3) is 1.64. The van der Waals surface area contributed by atoms with Gasteiger partial charge in [-0.15, -0.1) is 0 Å². The Morgan fingerprint density at radius 3 is 2.30 bits per heavy atom. The van der Waals surface area contributed by atoms with Gasteiger partial charge < -0.3 is 4.98 Å². The molecule has 0 fully saturated rings. The van der Waals surface area contributed by atoms with Gasteiger partial charge in [0.1, 0.15) is 0 Å². The predicted octanol–water partition coefficient (Wildman–Crippen LogP) is 5.64. The minimum Gasteiger partial charge on any atom is -0.354 e. The molecule has 0 atom stereocenters. The van der Waals surface area contributed by atoms with E-state index in [1.165, 1.54) is 10.8 Å². The molecule has 4 rings (SSSR count). The van der Waals surface area contributed by atoms with Crippen LogP contribution in [0.5, 0.6) is 0 Å². The van der Waals surface area contributed by atoms with E-state index in [-0.39, 0.29) is 0 Å². The summed E-state index contributed by atoms with van der Waals surface area (Å²) in [6.45, 7) is 0. The molecule has 0 amide bonds. The first-order valence-corrected chi connectivity index (χ1v) is 6.97. The summed E-state index contributed by atoms with van der Waals surface area (Å²) in [5.41, 5.74) is 4.45. The molecule has 0 aliphatic rings. The van der Waals surface area contributed by atoms with Crippen molar-refractivity contribution in [2.75, 3.05) is 0 Å². The number of nitrogens with one attached hydrogen (secondary N) is 1. The van der Waals surface area contributed by atoms with Crippen LogP contribution in [0, 0.1) is 0 Å². The van der Waals surface area contributed by atoms with Crippen LogP contribution in [0.25, 0.3) is 32.9 Å². The summed E-state index contributed by atoms with van der Waals surface area (Å²) in [4.78, 5) is 3.50. The largest absolute Gasteiger partial charge is 0.354 e. The van der Waals surface area contributed by atoms with Crippen LogP contribution in [0.2, 0.25) is 5.02 Å². The number of benzene rings is 3. The standard InChI is InChI=1S/C18H12ClN/c19-15-11-10-14-13-8-4-5-9-16(13)20-18(14)17(15)12-6-2-1-3-7-12/h1-11,20H. The van der Waals surface area contributed by atoms with E-state index in [1.807, 2.05) is 30.3 Å². The number of hydrogen-bond donors (Lipinski definition) is 1. The van der Waals surface area contributed by atoms with Crippen molar-refractivity contribution >= 4 is 33.4 Å². The zero-order chi connectivity index (χ0) is 13.5. The summed E-state index contributed by atoms with van der Waals surface area (Å²) in [7, 11) is 0. The first-order chi connectivity index (χ1) is 9.84. The molecule has 4 aromatic rings. The first kappa shape index (κ1) is 11.6. The van der Waals surface area contributed by atoms with Crippen LogP contribution >= 0.6 is 11.6 Å². The van der Waals surface area contributed by atoms with Gasteiger partial charge in [-0.3, -0.25) is 0 Å². The molecule has 0 saturated heterocycles. The van der Waals surface area contributed by atoms with Crippen molar-refractivity contribution in [2.24, 2.45) is 0 Å². The van der Waals surface area contributed by atoms with Crippen LogP contribution < -0.4 is 0 Å². The smallest absolute Gasteiger partial charge is 0.0559 e. The highest BCUT2D eigenvalue weighted by Gasteiger charge is 2.12. The number of hydrogen-bond acceptors (Lipinski definition) is 0. The molecule has 0 unspecified atom stereocenters. The third-order valence-electron chi connectivity index (χ3n) is 3.69. The Morgan fingerprint density at radius 1 is 0.700 bits per heavy atom. The topological polar surface area (TPSA) is 15.8 Å². The monoisotopic (exact) mass is 277 g/mol. The second-order valence-electron chi connectivity index (χ2n) is 4.88. The molecule has 0 spiro atoms. The Balaban J connectivity index is 2.17. The molecule has 1 N–H and O–H groups in total. The maximum absolute atomic E-state index is 6.45. The fourth-order valence-electron chi connectivity index (χ4n) is 2.78. The quantitative estimate of drug-likeness (QED) is 0.463. The van der Waals surface area contributed by atoms with Crippen molar-refractivity contribution in [1.82, 2.24) is 4.98 Å². The summed E-state index contributed by atoms with van der Waals surface area (Å²) in [6.07, 6.45) is 0. The van der Waals surface area contributed by atoms with Gasteiger partial charge in [-0.25, -0.2) is 0 Å². The Kier molecular flexibility index (Phi) is 2.54. The van der Waals surface area contributed by atoms with Gasteiger partial charge in [0.2, 0.25) is 0 Å². The SMILES string of the molecule is Clc1ccc2c([nH]c3ccccc32)c1-c1ccccc1. The zero-order valence-electron chi connectivity index (χ0n) is 10.7. The molecule has 96 valence electrons. The molecule has 0 aliphatic heterocycles. The van der Waals surface area contributed by atoms with Gasteiger partial charge in [0.05, 0.1) is 10.5 Å². The lowest BCUT2D eigenvalue weighted by Gasteiger charge is -2.06. The number of halogens is 1. The molecule has 1 aromatic heterocycles. The summed E-state index contributed by atoms with van der Waals surface area (Å²) in [5.74, 6) is 0. The number of fused-ring (bicyclic) bond motifs is 3. The van der Waals surface area contributed by atoms with Gasteiger partial charge in [0.15, 0.2) is 0 Å². The van der Waals surface area contributed by atoms with Gasteiger partial charge in [-0.1, -0.05) is 66.2 Å². The predicted molar refractivity (Wildman–Crippen MR) is 86.3 cm³/mol. The number of rotatable bonds is 1. The summed E-state index contributed by atoms with van der Waals surface area (Å²) < 4.78 is 0. The highest BCUT2D eigenvalue weighted by Crippen LogP contribution is 2.37. The van der Waals surface area contributed by atoms with E-state index in [1.54, 1.807) is 0 Å². The lowest BCUT2D eigenvalue weighted by Crippen LogP contribution is -1.82. The fraction of sp³-hybridized carbons (Fsp3) is 0. The molecule has 2 heteroatoms. The normalized spacial score (nSPS) is 11.2. The Morgan fingerprint density at radius 2 is 1.45 bits per heavy atom. The number of aromatic nitrogens is 1. The van der Waals surface area contributed by atoms with Crippen LogP contribution in [0.1, 0.15) is 0 Å². The van der Waals surface area contributed by atoms with E-state index in [0.717, 1.165) is 27.2 Å². The van der Waals surface area contributed by atoms with E-state index in [0.29, 0.717) is 0 Å². The second-order valence-corrected chi connectivity index (χ2v) is 5.29. The highest BCUT2D eigenvalue weighted by atomic mass is 35.5. The van der Waals surface area contributed by atoms with Crippen molar-refractivity contribution in [2.45, 2.75) is 0 Å². The number of aromatic amines is 1. The molecule has 0 saturated carbocycles. The van der Waals surface area contributed by atoms with Gasteiger partial charge in [-0.05, 0) is 17.7 Å². The Hall–Kier alpha value is -2.25. The zero-order valence-corrected chi connectivity index (χ0v) is 11.5. The van der Waals surface area contributed by atoms with E-state index < -0.39 is 0 Å². The van der Waals surface area contributed by atoms with Crippen LogP contribution in [0.4, 0.5) is 0 Å². The van der Waals surface area contributed by atoms with Crippen molar-refractivity contribution in [1.29, 1.82) is 0 Å². The number of para-hydroxylation sites is 1. The minimum atomic E-state index is 0.773. The molecule has 0 bridgehead atoms. The molecule has 1 nitrogen and oxygen atoms in total. The maximum Gasteiger partial charge on any atom is 0.0559 e. The average Bonchev–Trinajstić information content (AvgIpc) is 2.86. The molecule has 0 aliphatic carbocycles. The van der Waals surface area contributed by atoms with E-state index >= 15 is 0 Å². The van der Waals surface area contributed by atoms with Crippen molar-refractivity contribution in [3.8, 4) is 11.1 Å². The van der Waals surface area contributed by atoms with Gasteiger partial charge in [0, 0.05) is 21.9 Å². The van der Waals surface area contributed by atoms with E-state index in [9.17, 15) is 0 Å². The molecule has 0 radical (unpaired) electrons. The highest BCUT2D eigenvalue weighted by molar-refractivity contribution is 6.35. The Labute approximate surface area is 121 Å². The molecule has 20 heavy (non-hydrogen) atoms. The lowest BCUT2D eigenvalue weighted by molar-refractivity contribution is 1.53. The van der Waals surface area contributed by atoms with Crippen LogP contribution in [-0.2, 0) is 0 Å². The average molecular weight is 278 g/mol. The molecule has 3 aromatic carbocycles. The fourth-order valence-corrected chi connectivity index (χ4v) is 3.05. The van der Waals surface area contributed by atoms with E-state index in [4.69, 9.17) is 11.6 Å². The maximum atomic E-state index is 6.45. The van der Waals surface area contributed by atoms with Gasteiger partial charge in [0.25, 0.3) is 0 Å². The third-order valence-corrected chi connectivity index (χ3v) is 4.01. The molecular formula is C18H12ClN. The van der Waals surface area contributed by atoms with Gasteiger partial charge in [-0.2, -0.15) is 0 Å². The first-order valence-electron chi connectivity index (χ1n) is 6.59. The van der Waals surface area contributed by atoms with Crippen LogP contribution in [-0.4, -0.2) is 4.98 Å².